The molecule has 0 heterocycles. The molecule has 0 N–H and O–H groups in total. The Kier molecular flexibility index (Phi) is 6.77. The number of esters is 1. The number of benzene rings is 2. The minimum Gasteiger partial charge on any atom is -0.493 e. The van der Waals surface area contributed by atoms with E-state index in [0.29, 0.717) is 17.1 Å². The molecule has 0 spiro atoms. The van der Waals surface area contributed by atoms with E-state index in [1.54, 1.807) is 51.5 Å². The maximum absolute atomic E-state index is 12.4. The van der Waals surface area contributed by atoms with Crippen molar-refractivity contribution in [1.82, 2.24) is 0 Å². The summed E-state index contributed by atoms with van der Waals surface area (Å²) in [6.45, 7) is 5.49. The molecule has 2 aromatic carbocycles. The molecule has 0 aliphatic heterocycles. The number of Topliss-reactive ketones (excluding diaryl/α,β-unsaturated/α-hetero) is 1. The Morgan fingerprint density at radius 2 is 1.63 bits per heavy atom. The van der Waals surface area contributed by atoms with E-state index in [4.69, 9.17) is 14.2 Å². The first-order valence-electron chi connectivity index (χ1n) is 8.58. The number of hydrogen-bond acceptors (Lipinski definition) is 5. The standard InChI is InChI=1S/C22H24O5/c1-14-6-9-18(12-15(14)2)22(24)16(3)27-21(23)11-8-17-7-10-19(25-4)20(13-17)26-5/h6-13,16H,1-5H3/b11-8+/t16-/m1/s1. The van der Waals surface area contributed by atoms with Crippen LogP contribution in [0.15, 0.2) is 42.5 Å². The van der Waals surface area contributed by atoms with E-state index in [-0.39, 0.29) is 5.78 Å². The van der Waals surface area contributed by atoms with Crippen molar-refractivity contribution in [3.05, 3.63) is 64.7 Å². The van der Waals surface area contributed by atoms with Gasteiger partial charge in [-0.15, -0.1) is 0 Å². The molecule has 0 saturated carbocycles. The SMILES string of the molecule is COc1ccc(/C=C/C(=O)O[C@H](C)C(=O)c2ccc(C)c(C)c2)cc1OC. The molecule has 2 rings (SSSR count). The van der Waals surface area contributed by atoms with Gasteiger partial charge in [0.05, 0.1) is 14.2 Å². The fourth-order valence-corrected chi connectivity index (χ4v) is 2.52. The minimum absolute atomic E-state index is 0.231. The van der Waals surface area contributed by atoms with E-state index in [0.717, 1.165) is 16.7 Å². The molecule has 5 nitrogen and oxygen atoms in total. The second-order valence-electron chi connectivity index (χ2n) is 6.19. The molecule has 1 atom stereocenters. The molecule has 0 amide bonds. The first kappa shape index (κ1) is 20.2. The van der Waals surface area contributed by atoms with Gasteiger partial charge >= 0.3 is 5.97 Å². The zero-order valence-corrected chi connectivity index (χ0v) is 16.2. The second-order valence-corrected chi connectivity index (χ2v) is 6.19. The van der Waals surface area contributed by atoms with Crippen molar-refractivity contribution >= 4 is 17.8 Å². The van der Waals surface area contributed by atoms with Crippen LogP contribution in [-0.4, -0.2) is 32.1 Å². The van der Waals surface area contributed by atoms with E-state index in [2.05, 4.69) is 0 Å². The molecule has 142 valence electrons. The Hall–Kier alpha value is -3.08. The molecule has 2 aromatic rings. The minimum atomic E-state index is -0.866. The molecule has 5 heteroatoms. The van der Waals surface area contributed by atoms with E-state index >= 15 is 0 Å². The Bertz CT molecular complexity index is 867. The van der Waals surface area contributed by atoms with Gasteiger partial charge in [-0.05, 0) is 61.7 Å². The summed E-state index contributed by atoms with van der Waals surface area (Å²) >= 11 is 0. The molecular formula is C22H24O5. The number of hydrogen-bond donors (Lipinski definition) is 0. The van der Waals surface area contributed by atoms with Crippen LogP contribution in [0.1, 0.15) is 34.0 Å². The fraction of sp³-hybridized carbons (Fsp3) is 0.273. The van der Waals surface area contributed by atoms with E-state index < -0.39 is 12.1 Å². The Balaban J connectivity index is 2.02. The van der Waals surface area contributed by atoms with Gasteiger partial charge < -0.3 is 14.2 Å². The van der Waals surface area contributed by atoms with Gasteiger partial charge in [-0.3, -0.25) is 4.79 Å². The Morgan fingerprint density at radius 1 is 0.926 bits per heavy atom. The van der Waals surface area contributed by atoms with Crippen LogP contribution in [-0.2, 0) is 9.53 Å². The highest BCUT2D eigenvalue weighted by atomic mass is 16.5. The third kappa shape index (κ3) is 5.20. The summed E-state index contributed by atoms with van der Waals surface area (Å²) in [4.78, 5) is 24.5. The Morgan fingerprint density at radius 3 is 2.26 bits per heavy atom. The largest absolute Gasteiger partial charge is 0.493 e. The lowest BCUT2D eigenvalue weighted by Crippen LogP contribution is -2.23. The molecule has 0 aromatic heterocycles. The molecular weight excluding hydrogens is 344 g/mol. The van der Waals surface area contributed by atoms with Gasteiger partial charge in [0.2, 0.25) is 5.78 Å². The van der Waals surface area contributed by atoms with Crippen LogP contribution in [0.25, 0.3) is 6.08 Å². The van der Waals surface area contributed by atoms with Crippen LogP contribution in [0.5, 0.6) is 11.5 Å². The number of carbonyl (C=O) groups excluding carboxylic acids is 2. The second kappa shape index (κ2) is 9.03. The average Bonchev–Trinajstić information content (AvgIpc) is 2.67. The molecule has 27 heavy (non-hydrogen) atoms. The third-order valence-electron chi connectivity index (χ3n) is 4.27. The van der Waals surface area contributed by atoms with Crippen molar-refractivity contribution in [3.63, 3.8) is 0 Å². The van der Waals surface area contributed by atoms with Crippen molar-refractivity contribution in [1.29, 1.82) is 0 Å². The van der Waals surface area contributed by atoms with E-state index in [1.807, 2.05) is 26.0 Å². The first-order valence-corrected chi connectivity index (χ1v) is 8.58. The summed E-state index contributed by atoms with van der Waals surface area (Å²) in [5, 5.41) is 0. The number of aryl methyl sites for hydroxylation is 2. The smallest absolute Gasteiger partial charge is 0.331 e. The van der Waals surface area contributed by atoms with Gasteiger partial charge in [-0.1, -0.05) is 18.2 Å². The third-order valence-corrected chi connectivity index (χ3v) is 4.27. The van der Waals surface area contributed by atoms with Gasteiger partial charge in [0, 0.05) is 11.6 Å². The van der Waals surface area contributed by atoms with Gasteiger partial charge in [-0.25, -0.2) is 4.79 Å². The summed E-state index contributed by atoms with van der Waals surface area (Å²) < 4.78 is 15.6. The predicted molar refractivity (Wildman–Crippen MR) is 104 cm³/mol. The first-order chi connectivity index (χ1) is 12.8. The zero-order chi connectivity index (χ0) is 20.0. The quantitative estimate of drug-likeness (QED) is 0.417. The zero-order valence-electron chi connectivity index (χ0n) is 16.2. The van der Waals surface area contributed by atoms with Gasteiger partial charge in [0.25, 0.3) is 0 Å². The highest BCUT2D eigenvalue weighted by Crippen LogP contribution is 2.28. The van der Waals surface area contributed by atoms with Crippen LogP contribution >= 0.6 is 0 Å². The molecule has 0 aliphatic carbocycles. The maximum atomic E-state index is 12.4. The van der Waals surface area contributed by atoms with Gasteiger partial charge in [-0.2, -0.15) is 0 Å². The van der Waals surface area contributed by atoms with Crippen LogP contribution in [0.2, 0.25) is 0 Å². The summed E-state index contributed by atoms with van der Waals surface area (Å²) in [6, 6.07) is 10.7. The van der Waals surface area contributed by atoms with Gasteiger partial charge in [0.15, 0.2) is 17.6 Å². The highest BCUT2D eigenvalue weighted by Gasteiger charge is 2.18. The van der Waals surface area contributed by atoms with Crippen molar-refractivity contribution in [2.75, 3.05) is 14.2 Å². The molecule has 0 unspecified atom stereocenters. The van der Waals surface area contributed by atoms with Crippen molar-refractivity contribution in [2.24, 2.45) is 0 Å². The maximum Gasteiger partial charge on any atom is 0.331 e. The van der Waals surface area contributed by atoms with Crippen molar-refractivity contribution in [3.8, 4) is 11.5 Å². The Labute approximate surface area is 159 Å². The van der Waals surface area contributed by atoms with Crippen LogP contribution in [0, 0.1) is 13.8 Å². The fourth-order valence-electron chi connectivity index (χ4n) is 2.52. The predicted octanol–water partition coefficient (Wildman–Crippen LogP) is 4.15. The molecule has 0 aliphatic rings. The topological polar surface area (TPSA) is 61.8 Å². The lowest BCUT2D eigenvalue weighted by molar-refractivity contribution is -0.140. The molecule has 0 radical (unpaired) electrons. The van der Waals surface area contributed by atoms with Crippen LogP contribution in [0.4, 0.5) is 0 Å². The number of carbonyl (C=O) groups is 2. The normalized spacial score (nSPS) is 11.9. The number of ether oxygens (including phenoxy) is 3. The average molecular weight is 368 g/mol. The summed E-state index contributed by atoms with van der Waals surface area (Å²) in [5.41, 5.74) is 3.40. The van der Waals surface area contributed by atoms with Crippen molar-refractivity contribution < 1.29 is 23.8 Å². The van der Waals surface area contributed by atoms with Crippen LogP contribution < -0.4 is 9.47 Å². The molecule has 0 bridgehead atoms. The summed E-state index contributed by atoms with van der Waals surface area (Å²) in [6.07, 6.45) is 2.01. The van der Waals surface area contributed by atoms with E-state index in [1.165, 1.54) is 6.08 Å². The molecule has 0 fully saturated rings. The number of rotatable bonds is 7. The van der Waals surface area contributed by atoms with Crippen LogP contribution in [0.3, 0.4) is 0 Å². The summed E-state index contributed by atoms with van der Waals surface area (Å²) in [5.74, 6) is 0.344. The lowest BCUT2D eigenvalue weighted by atomic mass is 10.0. The van der Waals surface area contributed by atoms with Crippen molar-refractivity contribution in [2.45, 2.75) is 26.9 Å². The number of ketones is 1. The monoisotopic (exact) mass is 368 g/mol. The summed E-state index contributed by atoms with van der Waals surface area (Å²) in [7, 11) is 3.10. The highest BCUT2D eigenvalue weighted by molar-refractivity contribution is 6.01. The lowest BCUT2D eigenvalue weighted by Gasteiger charge is -2.12. The van der Waals surface area contributed by atoms with E-state index in [9.17, 15) is 9.59 Å². The molecule has 0 saturated heterocycles. The van der Waals surface area contributed by atoms with Gasteiger partial charge in [0.1, 0.15) is 0 Å². The number of methoxy groups -OCH3 is 2.